The van der Waals surface area contributed by atoms with Gasteiger partial charge in [0.05, 0.1) is 29.2 Å². The van der Waals surface area contributed by atoms with Gasteiger partial charge in [-0.1, -0.05) is 12.8 Å². The van der Waals surface area contributed by atoms with Crippen molar-refractivity contribution in [2.75, 3.05) is 23.8 Å². The summed E-state index contributed by atoms with van der Waals surface area (Å²) in [6.07, 6.45) is 3.79. The normalized spacial score (nSPS) is 16.9. The predicted molar refractivity (Wildman–Crippen MR) is 77.0 cm³/mol. The summed E-state index contributed by atoms with van der Waals surface area (Å²) in [5.41, 5.74) is -0.407. The Morgan fingerprint density at radius 2 is 2.05 bits per heavy atom. The summed E-state index contributed by atoms with van der Waals surface area (Å²) in [5.74, 6) is 0.904. The van der Waals surface area contributed by atoms with Gasteiger partial charge < -0.3 is 15.7 Å². The van der Waals surface area contributed by atoms with Crippen LogP contribution in [0.2, 0.25) is 0 Å². The van der Waals surface area contributed by atoms with Crippen molar-refractivity contribution in [1.82, 2.24) is 4.98 Å². The summed E-state index contributed by atoms with van der Waals surface area (Å²) < 4.78 is 0. The Balaban J connectivity index is 2.27. The zero-order chi connectivity index (χ0) is 14.6. The van der Waals surface area contributed by atoms with E-state index in [4.69, 9.17) is 0 Å². The molecule has 7 nitrogen and oxygen atoms in total. The van der Waals surface area contributed by atoms with Gasteiger partial charge in [-0.2, -0.15) is 0 Å². The Bertz CT molecular complexity index is 487. The molecule has 0 spiro atoms. The van der Waals surface area contributed by atoms with Crippen molar-refractivity contribution in [1.29, 1.82) is 0 Å². The summed E-state index contributed by atoms with van der Waals surface area (Å²) in [6, 6.07) is 2.82. The van der Waals surface area contributed by atoms with Crippen LogP contribution in [0.15, 0.2) is 12.1 Å². The second-order valence-electron chi connectivity index (χ2n) is 5.15. The van der Waals surface area contributed by atoms with E-state index in [0.29, 0.717) is 18.2 Å². The number of nitro groups is 1. The quantitative estimate of drug-likeness (QED) is 0.545. The highest BCUT2D eigenvalue weighted by Crippen LogP contribution is 2.33. The van der Waals surface area contributed by atoms with Gasteiger partial charge in [0.15, 0.2) is 0 Å². The van der Waals surface area contributed by atoms with E-state index in [0.717, 1.165) is 25.7 Å². The first-order chi connectivity index (χ1) is 9.58. The predicted octanol–water partition coefficient (Wildman–Crippen LogP) is 2.14. The van der Waals surface area contributed by atoms with E-state index in [1.54, 1.807) is 0 Å². The fourth-order valence-electron chi connectivity index (χ4n) is 2.60. The second-order valence-corrected chi connectivity index (χ2v) is 5.15. The van der Waals surface area contributed by atoms with Gasteiger partial charge in [0.2, 0.25) is 0 Å². The Morgan fingerprint density at radius 1 is 1.40 bits per heavy atom. The summed E-state index contributed by atoms with van der Waals surface area (Å²) in [4.78, 5) is 14.9. The fourth-order valence-corrected chi connectivity index (χ4v) is 2.60. The molecule has 1 saturated carbocycles. The number of nitrogens with one attached hydrogen (secondary N) is 2. The van der Waals surface area contributed by atoms with Crippen molar-refractivity contribution >= 4 is 17.3 Å². The Morgan fingerprint density at radius 3 is 2.60 bits per heavy atom. The van der Waals surface area contributed by atoms with Crippen molar-refractivity contribution in [3.8, 4) is 0 Å². The van der Waals surface area contributed by atoms with Crippen LogP contribution in [0.4, 0.5) is 17.3 Å². The lowest BCUT2D eigenvalue weighted by Crippen LogP contribution is -2.39. The van der Waals surface area contributed by atoms with Crippen LogP contribution in [0.3, 0.4) is 0 Å². The molecular weight excluding hydrogens is 260 g/mol. The monoisotopic (exact) mass is 280 g/mol. The van der Waals surface area contributed by atoms with Crippen LogP contribution in [0.25, 0.3) is 0 Å². The van der Waals surface area contributed by atoms with Crippen LogP contribution in [-0.2, 0) is 0 Å². The van der Waals surface area contributed by atoms with Gasteiger partial charge in [-0.3, -0.25) is 10.1 Å². The van der Waals surface area contributed by atoms with Gasteiger partial charge >= 0.3 is 0 Å². The summed E-state index contributed by atoms with van der Waals surface area (Å²) in [5, 5.41) is 26.7. The molecule has 110 valence electrons. The maximum atomic E-state index is 11.0. The standard InChI is InChI=1S/C13H20N4O3/c1-2-14-11-7-10(17(19)20)8-12(15-11)16-13(9-18)5-3-4-6-13/h7-8,18H,2-6,9H2,1H3,(H2,14,15,16). The zero-order valence-electron chi connectivity index (χ0n) is 11.6. The molecular formula is C13H20N4O3. The van der Waals surface area contributed by atoms with E-state index < -0.39 is 10.5 Å². The minimum atomic E-state index is -0.437. The van der Waals surface area contributed by atoms with E-state index in [1.165, 1.54) is 12.1 Å². The molecule has 0 bridgehead atoms. The van der Waals surface area contributed by atoms with Crippen molar-refractivity contribution in [2.24, 2.45) is 0 Å². The third-order valence-corrected chi connectivity index (χ3v) is 3.64. The average Bonchev–Trinajstić information content (AvgIpc) is 2.88. The number of hydrogen-bond donors (Lipinski definition) is 3. The molecule has 20 heavy (non-hydrogen) atoms. The lowest BCUT2D eigenvalue weighted by atomic mass is 9.99. The number of rotatable bonds is 6. The maximum absolute atomic E-state index is 11.0. The average molecular weight is 280 g/mol. The smallest absolute Gasteiger partial charge is 0.276 e. The number of anilines is 2. The highest BCUT2D eigenvalue weighted by molar-refractivity contribution is 5.55. The molecule has 1 aromatic heterocycles. The van der Waals surface area contributed by atoms with Crippen molar-refractivity contribution in [3.63, 3.8) is 0 Å². The van der Waals surface area contributed by atoms with Gasteiger partial charge in [0.25, 0.3) is 5.69 Å². The molecule has 7 heteroatoms. The van der Waals surface area contributed by atoms with Crippen LogP contribution in [0.5, 0.6) is 0 Å². The zero-order valence-corrected chi connectivity index (χ0v) is 11.6. The number of hydrogen-bond acceptors (Lipinski definition) is 6. The number of aliphatic hydroxyl groups is 1. The highest BCUT2D eigenvalue weighted by Gasteiger charge is 2.33. The number of pyridine rings is 1. The van der Waals surface area contributed by atoms with Crippen LogP contribution < -0.4 is 10.6 Å². The van der Waals surface area contributed by atoms with Crippen LogP contribution in [0.1, 0.15) is 32.6 Å². The first-order valence-corrected chi connectivity index (χ1v) is 6.88. The molecule has 0 amide bonds. The van der Waals surface area contributed by atoms with E-state index in [-0.39, 0.29) is 12.3 Å². The van der Waals surface area contributed by atoms with E-state index >= 15 is 0 Å². The van der Waals surface area contributed by atoms with Crippen LogP contribution >= 0.6 is 0 Å². The molecule has 1 heterocycles. The van der Waals surface area contributed by atoms with Gasteiger partial charge in [-0.15, -0.1) is 0 Å². The lowest BCUT2D eigenvalue weighted by Gasteiger charge is -2.28. The van der Waals surface area contributed by atoms with E-state index in [2.05, 4.69) is 15.6 Å². The van der Waals surface area contributed by atoms with Gasteiger partial charge in [0.1, 0.15) is 11.6 Å². The molecule has 0 aliphatic heterocycles. The molecule has 3 N–H and O–H groups in total. The van der Waals surface area contributed by atoms with Gasteiger partial charge in [-0.05, 0) is 19.8 Å². The number of aliphatic hydroxyl groups excluding tert-OH is 1. The van der Waals surface area contributed by atoms with E-state index in [1.807, 2.05) is 6.92 Å². The molecule has 0 unspecified atom stereocenters. The first kappa shape index (κ1) is 14.5. The minimum absolute atomic E-state index is 0.00785. The van der Waals surface area contributed by atoms with Crippen molar-refractivity contribution in [3.05, 3.63) is 22.2 Å². The fraction of sp³-hybridized carbons (Fsp3) is 0.615. The largest absolute Gasteiger partial charge is 0.394 e. The highest BCUT2D eigenvalue weighted by atomic mass is 16.6. The molecule has 0 radical (unpaired) electrons. The molecule has 2 rings (SSSR count). The topological polar surface area (TPSA) is 100 Å². The molecule has 1 aromatic rings. The summed E-state index contributed by atoms with van der Waals surface area (Å²) in [7, 11) is 0. The number of aromatic nitrogens is 1. The first-order valence-electron chi connectivity index (χ1n) is 6.88. The van der Waals surface area contributed by atoms with Gasteiger partial charge in [0, 0.05) is 6.54 Å². The summed E-state index contributed by atoms with van der Waals surface area (Å²) >= 11 is 0. The minimum Gasteiger partial charge on any atom is -0.394 e. The SMILES string of the molecule is CCNc1cc([N+](=O)[O-])cc(NC2(CO)CCCC2)n1. The molecule has 1 fully saturated rings. The molecule has 1 aliphatic rings. The van der Waals surface area contributed by atoms with Crippen LogP contribution in [0, 0.1) is 10.1 Å². The summed E-state index contributed by atoms with van der Waals surface area (Å²) in [6.45, 7) is 2.55. The second kappa shape index (κ2) is 6.04. The van der Waals surface area contributed by atoms with Crippen molar-refractivity contribution in [2.45, 2.75) is 38.1 Å². The van der Waals surface area contributed by atoms with Gasteiger partial charge in [-0.25, -0.2) is 4.98 Å². The van der Waals surface area contributed by atoms with Crippen molar-refractivity contribution < 1.29 is 10.0 Å². The Labute approximate surface area is 117 Å². The molecule has 0 atom stereocenters. The Kier molecular flexibility index (Phi) is 4.39. The molecule has 0 saturated heterocycles. The number of nitrogens with zero attached hydrogens (tertiary/aromatic N) is 2. The molecule has 0 aromatic carbocycles. The third-order valence-electron chi connectivity index (χ3n) is 3.64. The maximum Gasteiger partial charge on any atom is 0.276 e. The van der Waals surface area contributed by atoms with E-state index in [9.17, 15) is 15.2 Å². The third kappa shape index (κ3) is 3.16. The Hall–Kier alpha value is -1.89. The lowest BCUT2D eigenvalue weighted by molar-refractivity contribution is -0.384. The van der Waals surface area contributed by atoms with Crippen LogP contribution in [-0.4, -0.2) is 33.7 Å². The molecule has 1 aliphatic carbocycles.